The first-order valence-electron chi connectivity index (χ1n) is 6.16. The Morgan fingerprint density at radius 3 is 2.86 bits per heavy atom. The number of carbonyl (C=O) groups excluding carboxylic acids is 1. The first-order chi connectivity index (χ1) is 10.0. The molecule has 0 aliphatic carbocycles. The van der Waals surface area contributed by atoms with Gasteiger partial charge in [-0.3, -0.25) is 0 Å². The summed E-state index contributed by atoms with van der Waals surface area (Å²) < 4.78 is 4.94. The highest BCUT2D eigenvalue weighted by Gasteiger charge is 2.15. The molecule has 0 aliphatic heterocycles. The molecule has 0 atom stereocenters. The van der Waals surface area contributed by atoms with Gasteiger partial charge >= 0.3 is 5.97 Å². The Bertz CT molecular complexity index is 677. The van der Waals surface area contributed by atoms with Crippen LogP contribution in [0.3, 0.4) is 0 Å². The number of nitrogens with one attached hydrogen (secondary N) is 1. The molecule has 0 bridgehead atoms. The molecule has 0 spiro atoms. The lowest BCUT2D eigenvalue weighted by atomic mass is 10.2. The van der Waals surface area contributed by atoms with Crippen LogP contribution < -0.4 is 11.1 Å². The molecule has 1 aromatic heterocycles. The fraction of sp³-hybridized carbons (Fsp3) is 0.143. The summed E-state index contributed by atoms with van der Waals surface area (Å²) in [5.41, 5.74) is 6.92. The smallest absolute Gasteiger partial charge is 0.340 e. The van der Waals surface area contributed by atoms with E-state index in [0.717, 1.165) is 0 Å². The van der Waals surface area contributed by atoms with Crippen LogP contribution in [-0.4, -0.2) is 17.6 Å². The number of hydrogen-bond acceptors (Lipinski definition) is 5. The third kappa shape index (κ3) is 3.56. The zero-order chi connectivity index (χ0) is 15.4. The van der Waals surface area contributed by atoms with Crippen LogP contribution in [0.15, 0.2) is 30.5 Å². The van der Waals surface area contributed by atoms with E-state index in [1.165, 1.54) is 12.3 Å². The number of carbonyl (C=O) groups is 1. The molecule has 2 rings (SSSR count). The van der Waals surface area contributed by atoms with Crippen molar-refractivity contribution in [3.8, 4) is 0 Å². The molecule has 0 amide bonds. The van der Waals surface area contributed by atoms with Crippen LogP contribution in [0.25, 0.3) is 0 Å². The lowest BCUT2D eigenvalue weighted by Gasteiger charge is -2.12. The predicted molar refractivity (Wildman–Crippen MR) is 84.4 cm³/mol. The van der Waals surface area contributed by atoms with Gasteiger partial charge in [0.2, 0.25) is 0 Å². The predicted octanol–water partition coefficient (Wildman–Crippen LogP) is 3.89. The maximum Gasteiger partial charge on any atom is 0.340 e. The van der Waals surface area contributed by atoms with E-state index in [9.17, 15) is 4.79 Å². The van der Waals surface area contributed by atoms with Crippen molar-refractivity contribution in [1.29, 1.82) is 0 Å². The number of pyridine rings is 1. The van der Waals surface area contributed by atoms with Crippen LogP contribution >= 0.6 is 23.2 Å². The van der Waals surface area contributed by atoms with E-state index in [-0.39, 0.29) is 17.9 Å². The van der Waals surface area contributed by atoms with Gasteiger partial charge in [0.1, 0.15) is 0 Å². The molecular formula is C14H13Cl2N3O2. The topological polar surface area (TPSA) is 77.2 Å². The van der Waals surface area contributed by atoms with Crippen molar-refractivity contribution in [2.24, 2.45) is 0 Å². The minimum absolute atomic E-state index is 0.187. The molecule has 21 heavy (non-hydrogen) atoms. The molecule has 3 N–H and O–H groups in total. The highest BCUT2D eigenvalue weighted by Crippen LogP contribution is 2.30. The summed E-state index contributed by atoms with van der Waals surface area (Å²) >= 11 is 12.0. The summed E-state index contributed by atoms with van der Waals surface area (Å²) in [6.45, 7) is 1.99. The normalized spacial score (nSPS) is 10.2. The maximum absolute atomic E-state index is 11.8. The zero-order valence-electron chi connectivity index (χ0n) is 11.2. The van der Waals surface area contributed by atoms with Gasteiger partial charge < -0.3 is 15.8 Å². The Balaban J connectivity index is 2.35. The van der Waals surface area contributed by atoms with Crippen LogP contribution in [0, 0.1) is 0 Å². The van der Waals surface area contributed by atoms with Gasteiger partial charge in [0.25, 0.3) is 0 Å². The molecule has 0 fully saturated rings. The average Bonchev–Trinajstić information content (AvgIpc) is 2.45. The number of benzene rings is 1. The number of anilines is 3. The van der Waals surface area contributed by atoms with Crippen molar-refractivity contribution in [3.05, 3.63) is 46.1 Å². The number of aromatic nitrogens is 1. The maximum atomic E-state index is 11.8. The van der Waals surface area contributed by atoms with Crippen molar-refractivity contribution in [2.75, 3.05) is 17.7 Å². The summed E-state index contributed by atoms with van der Waals surface area (Å²) in [4.78, 5) is 15.9. The molecule has 110 valence electrons. The lowest BCUT2D eigenvalue weighted by molar-refractivity contribution is 0.0527. The number of hydrogen-bond donors (Lipinski definition) is 2. The van der Waals surface area contributed by atoms with Crippen molar-refractivity contribution >= 4 is 46.4 Å². The molecule has 1 aromatic carbocycles. The second-order valence-electron chi connectivity index (χ2n) is 4.09. The summed E-state index contributed by atoms with van der Waals surface area (Å²) in [5.74, 6) is -0.192. The largest absolute Gasteiger partial charge is 0.462 e. The van der Waals surface area contributed by atoms with Gasteiger partial charge in [-0.1, -0.05) is 23.2 Å². The molecule has 0 saturated heterocycles. The van der Waals surface area contributed by atoms with Gasteiger partial charge in [-0.05, 0) is 31.2 Å². The van der Waals surface area contributed by atoms with Gasteiger partial charge in [-0.2, -0.15) is 0 Å². The fourth-order valence-electron chi connectivity index (χ4n) is 1.68. The Labute approximate surface area is 132 Å². The van der Waals surface area contributed by atoms with Gasteiger partial charge in [-0.15, -0.1) is 0 Å². The number of halogens is 2. The van der Waals surface area contributed by atoms with Crippen LogP contribution in [0.1, 0.15) is 17.3 Å². The van der Waals surface area contributed by atoms with Crippen LogP contribution in [0.4, 0.5) is 17.2 Å². The summed E-state index contributed by atoms with van der Waals surface area (Å²) in [6.07, 6.45) is 1.46. The summed E-state index contributed by atoms with van der Waals surface area (Å²) in [7, 11) is 0. The molecule has 0 aliphatic rings. The number of rotatable bonds is 4. The molecule has 1 heterocycles. The van der Waals surface area contributed by atoms with Crippen LogP contribution in [0.2, 0.25) is 10.0 Å². The standard InChI is InChI=1S/C14H13Cl2N3O2/c1-2-21-14(20)9-5-6-18-13(12(9)17)19-11-7-8(15)3-4-10(11)16/h3-7H,2,17H2,1H3,(H,18,19). The van der Waals surface area contributed by atoms with Gasteiger partial charge in [0.15, 0.2) is 5.82 Å². The summed E-state index contributed by atoms with van der Waals surface area (Å²) in [5, 5.41) is 3.93. The van der Waals surface area contributed by atoms with E-state index >= 15 is 0 Å². The van der Waals surface area contributed by atoms with E-state index < -0.39 is 5.97 Å². The Hall–Kier alpha value is -1.98. The Morgan fingerprint density at radius 1 is 1.38 bits per heavy atom. The van der Waals surface area contributed by atoms with Crippen molar-refractivity contribution in [3.63, 3.8) is 0 Å². The minimum Gasteiger partial charge on any atom is -0.462 e. The number of nitrogens with two attached hydrogens (primary N) is 1. The van der Waals surface area contributed by atoms with Crippen molar-refractivity contribution in [1.82, 2.24) is 4.98 Å². The summed E-state index contributed by atoms with van der Waals surface area (Å²) in [6, 6.07) is 6.46. The molecule has 0 radical (unpaired) electrons. The number of nitrogen functional groups attached to an aromatic ring is 1. The molecule has 0 saturated carbocycles. The van der Waals surface area contributed by atoms with Gasteiger partial charge in [-0.25, -0.2) is 9.78 Å². The Morgan fingerprint density at radius 2 is 2.14 bits per heavy atom. The molecule has 7 heteroatoms. The van der Waals surface area contributed by atoms with Gasteiger partial charge in [0.05, 0.1) is 28.6 Å². The quantitative estimate of drug-likeness (QED) is 0.834. The van der Waals surface area contributed by atoms with E-state index in [1.54, 1.807) is 25.1 Å². The molecule has 0 unspecified atom stereocenters. The third-order valence-electron chi connectivity index (χ3n) is 2.67. The SMILES string of the molecule is CCOC(=O)c1ccnc(Nc2cc(Cl)ccc2Cl)c1N. The highest BCUT2D eigenvalue weighted by atomic mass is 35.5. The first-order valence-corrected chi connectivity index (χ1v) is 6.92. The zero-order valence-corrected chi connectivity index (χ0v) is 12.7. The minimum atomic E-state index is -0.502. The number of ether oxygens (including phenoxy) is 1. The van der Waals surface area contributed by atoms with Crippen molar-refractivity contribution < 1.29 is 9.53 Å². The third-order valence-corrected chi connectivity index (χ3v) is 3.23. The van der Waals surface area contributed by atoms with E-state index in [2.05, 4.69) is 10.3 Å². The van der Waals surface area contributed by atoms with Gasteiger partial charge in [0, 0.05) is 11.2 Å². The molecule has 5 nitrogen and oxygen atoms in total. The average molecular weight is 326 g/mol. The van der Waals surface area contributed by atoms with E-state index in [1.807, 2.05) is 0 Å². The van der Waals surface area contributed by atoms with Crippen LogP contribution in [-0.2, 0) is 4.74 Å². The fourth-order valence-corrected chi connectivity index (χ4v) is 2.02. The lowest BCUT2D eigenvalue weighted by Crippen LogP contribution is -2.10. The second-order valence-corrected chi connectivity index (χ2v) is 4.93. The number of esters is 1. The van der Waals surface area contributed by atoms with E-state index in [4.69, 9.17) is 33.7 Å². The monoisotopic (exact) mass is 325 g/mol. The van der Waals surface area contributed by atoms with Crippen LogP contribution in [0.5, 0.6) is 0 Å². The van der Waals surface area contributed by atoms with E-state index in [0.29, 0.717) is 21.6 Å². The first kappa shape index (κ1) is 15.4. The number of nitrogens with zero attached hydrogens (tertiary/aromatic N) is 1. The molecule has 2 aromatic rings. The van der Waals surface area contributed by atoms with Crippen molar-refractivity contribution in [2.45, 2.75) is 6.92 Å². The second kappa shape index (κ2) is 6.65. The Kier molecular flexibility index (Phi) is 4.88. The molecular weight excluding hydrogens is 313 g/mol. The highest BCUT2D eigenvalue weighted by molar-refractivity contribution is 6.35.